The maximum absolute atomic E-state index is 12.7. The summed E-state index contributed by atoms with van der Waals surface area (Å²) < 4.78 is 3.96. The van der Waals surface area contributed by atoms with Crippen LogP contribution in [0.2, 0.25) is 0 Å². The fourth-order valence-corrected chi connectivity index (χ4v) is 3.66. The molecule has 134 valence electrons. The second-order valence-electron chi connectivity index (χ2n) is 7.50. The Labute approximate surface area is 152 Å². The second-order valence-corrected chi connectivity index (χ2v) is 7.50. The van der Waals surface area contributed by atoms with Gasteiger partial charge in [0.2, 0.25) is 0 Å². The van der Waals surface area contributed by atoms with Gasteiger partial charge in [-0.15, -0.1) is 0 Å². The summed E-state index contributed by atoms with van der Waals surface area (Å²) in [5.41, 5.74) is 4.76. The van der Waals surface area contributed by atoms with Crippen LogP contribution in [0, 0.1) is 6.92 Å². The van der Waals surface area contributed by atoms with Crippen molar-refractivity contribution in [2.45, 2.75) is 51.0 Å². The van der Waals surface area contributed by atoms with Gasteiger partial charge in [0.1, 0.15) is 11.3 Å². The summed E-state index contributed by atoms with van der Waals surface area (Å²) in [5.74, 6) is 1.26. The van der Waals surface area contributed by atoms with Crippen LogP contribution in [0.5, 0.6) is 0 Å². The number of aromatic nitrogens is 4. The van der Waals surface area contributed by atoms with Crippen LogP contribution < -0.4 is 5.32 Å². The highest BCUT2D eigenvalue weighted by Gasteiger charge is 2.32. The van der Waals surface area contributed by atoms with Gasteiger partial charge in [-0.1, -0.05) is 6.07 Å². The third kappa shape index (κ3) is 2.79. The molecule has 6 heteroatoms. The van der Waals surface area contributed by atoms with Crippen molar-refractivity contribution in [2.75, 3.05) is 6.54 Å². The molecule has 0 aromatic carbocycles. The average molecular weight is 349 g/mol. The molecule has 6 nitrogen and oxygen atoms in total. The molecule has 5 rings (SSSR count). The zero-order chi connectivity index (χ0) is 17.7. The van der Waals surface area contributed by atoms with E-state index in [1.54, 1.807) is 0 Å². The normalized spacial score (nSPS) is 17.0. The maximum Gasteiger partial charge on any atom is 0.270 e. The number of fused-ring (bicyclic) bond motifs is 1. The third-order valence-electron chi connectivity index (χ3n) is 5.35. The standard InChI is InChI=1S/C20H23N5O/c1-13-19(24-10-3-2-4-18(24)22-13)20(26)21-9-11-25-17(15-7-8-15)12-16(23-25)14-5-6-14/h2-4,10,12,14-15H,5-9,11H2,1H3,(H,21,26). The number of carbonyl (C=O) groups is 1. The fourth-order valence-electron chi connectivity index (χ4n) is 3.66. The zero-order valence-electron chi connectivity index (χ0n) is 15.0. The SMILES string of the molecule is Cc1nc2ccccn2c1C(=O)NCCn1nc(C2CC2)cc1C1CC1. The summed E-state index contributed by atoms with van der Waals surface area (Å²) in [7, 11) is 0. The second kappa shape index (κ2) is 5.97. The summed E-state index contributed by atoms with van der Waals surface area (Å²) in [5, 5.41) is 7.85. The summed E-state index contributed by atoms with van der Waals surface area (Å²) in [4.78, 5) is 17.1. The molecule has 2 fully saturated rings. The molecule has 1 amide bonds. The molecule has 0 bridgehead atoms. The van der Waals surface area contributed by atoms with E-state index >= 15 is 0 Å². The first-order chi connectivity index (χ1) is 12.7. The predicted octanol–water partition coefficient (Wildman–Crippen LogP) is 3.02. The van der Waals surface area contributed by atoms with Crippen LogP contribution >= 0.6 is 0 Å². The van der Waals surface area contributed by atoms with Crippen molar-refractivity contribution in [3.63, 3.8) is 0 Å². The largest absolute Gasteiger partial charge is 0.349 e. The molecule has 3 heterocycles. The number of nitrogens with zero attached hydrogens (tertiary/aromatic N) is 4. The zero-order valence-corrected chi connectivity index (χ0v) is 15.0. The molecule has 0 saturated heterocycles. The minimum Gasteiger partial charge on any atom is -0.349 e. The highest BCUT2D eigenvalue weighted by Crippen LogP contribution is 2.44. The molecule has 0 aliphatic heterocycles. The Morgan fingerprint density at radius 1 is 1.23 bits per heavy atom. The maximum atomic E-state index is 12.7. The van der Waals surface area contributed by atoms with E-state index in [-0.39, 0.29) is 5.91 Å². The van der Waals surface area contributed by atoms with Crippen molar-refractivity contribution in [2.24, 2.45) is 0 Å². The first kappa shape index (κ1) is 15.6. The summed E-state index contributed by atoms with van der Waals surface area (Å²) in [6.45, 7) is 3.17. The Kier molecular flexibility index (Phi) is 3.58. The number of amides is 1. The van der Waals surface area contributed by atoms with E-state index in [1.807, 2.05) is 35.7 Å². The van der Waals surface area contributed by atoms with Crippen LogP contribution in [0.15, 0.2) is 30.5 Å². The van der Waals surface area contributed by atoms with Crippen molar-refractivity contribution in [1.82, 2.24) is 24.5 Å². The first-order valence-electron chi connectivity index (χ1n) is 9.50. The number of imidazole rings is 1. The molecule has 2 saturated carbocycles. The van der Waals surface area contributed by atoms with Crippen LogP contribution in [-0.2, 0) is 6.54 Å². The van der Waals surface area contributed by atoms with Gasteiger partial charge in [-0.25, -0.2) is 4.98 Å². The van der Waals surface area contributed by atoms with E-state index in [0.717, 1.165) is 17.9 Å². The van der Waals surface area contributed by atoms with Crippen LogP contribution in [0.4, 0.5) is 0 Å². The number of rotatable bonds is 6. The van der Waals surface area contributed by atoms with Gasteiger partial charge in [0.25, 0.3) is 5.91 Å². The molecular weight excluding hydrogens is 326 g/mol. The lowest BCUT2D eigenvalue weighted by molar-refractivity contribution is 0.0945. The molecule has 3 aromatic heterocycles. The lowest BCUT2D eigenvalue weighted by Gasteiger charge is -2.09. The van der Waals surface area contributed by atoms with E-state index in [1.165, 1.54) is 37.1 Å². The van der Waals surface area contributed by atoms with E-state index < -0.39 is 0 Å². The van der Waals surface area contributed by atoms with E-state index in [4.69, 9.17) is 5.10 Å². The molecule has 1 N–H and O–H groups in total. The molecular formula is C20H23N5O. The Bertz CT molecular complexity index is 977. The van der Waals surface area contributed by atoms with Crippen LogP contribution in [0.1, 0.15) is 65.1 Å². The van der Waals surface area contributed by atoms with Gasteiger partial charge in [-0.05, 0) is 50.8 Å². The number of nitrogens with one attached hydrogen (secondary N) is 1. The van der Waals surface area contributed by atoms with Crippen molar-refractivity contribution >= 4 is 11.6 Å². The van der Waals surface area contributed by atoms with Gasteiger partial charge >= 0.3 is 0 Å². The van der Waals surface area contributed by atoms with E-state index in [0.29, 0.717) is 24.1 Å². The van der Waals surface area contributed by atoms with Gasteiger partial charge < -0.3 is 5.32 Å². The molecule has 0 radical (unpaired) electrons. The topological polar surface area (TPSA) is 64.2 Å². The van der Waals surface area contributed by atoms with Crippen LogP contribution in [0.3, 0.4) is 0 Å². The minimum atomic E-state index is -0.0799. The van der Waals surface area contributed by atoms with E-state index in [2.05, 4.69) is 21.0 Å². The number of hydrogen-bond acceptors (Lipinski definition) is 3. The van der Waals surface area contributed by atoms with Gasteiger partial charge in [0.05, 0.1) is 17.9 Å². The molecule has 2 aliphatic rings. The van der Waals surface area contributed by atoms with Gasteiger partial charge in [-0.2, -0.15) is 5.10 Å². The van der Waals surface area contributed by atoms with Crippen molar-refractivity contribution < 1.29 is 4.79 Å². The van der Waals surface area contributed by atoms with Crippen molar-refractivity contribution in [1.29, 1.82) is 0 Å². The smallest absolute Gasteiger partial charge is 0.270 e. The predicted molar refractivity (Wildman–Crippen MR) is 98.4 cm³/mol. The highest BCUT2D eigenvalue weighted by atomic mass is 16.1. The van der Waals surface area contributed by atoms with Gasteiger partial charge in [0.15, 0.2) is 0 Å². The molecule has 26 heavy (non-hydrogen) atoms. The van der Waals surface area contributed by atoms with Crippen molar-refractivity contribution in [3.05, 3.63) is 53.2 Å². The Morgan fingerprint density at radius 3 is 2.81 bits per heavy atom. The Hall–Kier alpha value is -2.63. The summed E-state index contributed by atoms with van der Waals surface area (Å²) in [6, 6.07) is 8.05. The number of hydrogen-bond donors (Lipinski definition) is 1. The summed E-state index contributed by atoms with van der Waals surface area (Å²) in [6.07, 6.45) is 6.95. The lowest BCUT2D eigenvalue weighted by atomic mass is 10.2. The minimum absolute atomic E-state index is 0.0799. The number of pyridine rings is 1. The van der Waals surface area contributed by atoms with Crippen molar-refractivity contribution in [3.8, 4) is 0 Å². The molecule has 0 atom stereocenters. The first-order valence-corrected chi connectivity index (χ1v) is 9.50. The average Bonchev–Trinajstić information content (AvgIpc) is 3.56. The van der Waals surface area contributed by atoms with E-state index in [9.17, 15) is 4.79 Å². The quantitative estimate of drug-likeness (QED) is 0.744. The number of carbonyl (C=O) groups excluding carboxylic acids is 1. The van der Waals surface area contributed by atoms with Gasteiger partial charge in [-0.3, -0.25) is 13.9 Å². The third-order valence-corrected chi connectivity index (χ3v) is 5.35. The molecule has 0 spiro atoms. The Morgan fingerprint density at radius 2 is 2.04 bits per heavy atom. The summed E-state index contributed by atoms with van der Waals surface area (Å²) >= 11 is 0. The lowest BCUT2D eigenvalue weighted by Crippen LogP contribution is -2.29. The molecule has 0 unspecified atom stereocenters. The number of aryl methyl sites for hydroxylation is 1. The molecule has 3 aromatic rings. The molecule has 2 aliphatic carbocycles. The van der Waals surface area contributed by atoms with Crippen LogP contribution in [0.25, 0.3) is 5.65 Å². The fraction of sp³-hybridized carbons (Fsp3) is 0.450. The Balaban J connectivity index is 1.29. The van der Waals surface area contributed by atoms with Crippen LogP contribution in [-0.4, -0.2) is 31.6 Å². The highest BCUT2D eigenvalue weighted by molar-refractivity contribution is 5.94. The van der Waals surface area contributed by atoms with Gasteiger partial charge in [0, 0.05) is 30.3 Å². The monoisotopic (exact) mass is 349 g/mol.